The van der Waals surface area contributed by atoms with E-state index in [0.29, 0.717) is 12.5 Å². The predicted molar refractivity (Wildman–Crippen MR) is 77.7 cm³/mol. The van der Waals surface area contributed by atoms with Gasteiger partial charge in [0.15, 0.2) is 0 Å². The smallest absolute Gasteiger partial charge is 0.233 e. The number of hydrogen-bond acceptors (Lipinski definition) is 3. The van der Waals surface area contributed by atoms with Crippen LogP contribution in [0, 0.1) is 5.92 Å². The molecule has 4 heteroatoms. The maximum atomic E-state index is 12.6. The largest absolute Gasteiger partial charge is 0.492 e. The van der Waals surface area contributed by atoms with E-state index in [1.165, 1.54) is 0 Å². The fraction of sp³-hybridized carbons (Fsp3) is 0.562. The first-order valence-electron chi connectivity index (χ1n) is 7.50. The Hall–Kier alpha value is -1.55. The van der Waals surface area contributed by atoms with Crippen molar-refractivity contribution in [2.75, 3.05) is 26.2 Å². The van der Waals surface area contributed by atoms with Gasteiger partial charge < -0.3 is 15.4 Å². The predicted octanol–water partition coefficient (Wildman–Crippen LogP) is 1.75. The highest BCUT2D eigenvalue weighted by molar-refractivity contribution is 5.85. The van der Waals surface area contributed by atoms with E-state index in [1.54, 1.807) is 0 Å². The van der Waals surface area contributed by atoms with E-state index >= 15 is 0 Å². The lowest BCUT2D eigenvalue weighted by atomic mass is 9.92. The number of carbonyl (C=O) groups is 1. The van der Waals surface area contributed by atoms with Crippen molar-refractivity contribution in [3.8, 4) is 5.75 Å². The zero-order valence-electron chi connectivity index (χ0n) is 11.8. The zero-order valence-corrected chi connectivity index (χ0v) is 11.8. The van der Waals surface area contributed by atoms with Gasteiger partial charge in [0.05, 0.1) is 0 Å². The normalized spacial score (nSPS) is 22.4. The Morgan fingerprint density at radius 2 is 2.05 bits per heavy atom. The number of hydrogen-bond donors (Lipinski definition) is 1. The number of rotatable bonds is 3. The minimum Gasteiger partial charge on any atom is -0.492 e. The lowest BCUT2D eigenvalue weighted by Gasteiger charge is -2.33. The first-order valence-corrected chi connectivity index (χ1v) is 7.50. The number of para-hydroxylation sites is 1. The molecule has 1 aromatic carbocycles. The van der Waals surface area contributed by atoms with Crippen LogP contribution in [0.2, 0.25) is 0 Å². The number of nitrogens with two attached hydrogens (primary N) is 1. The van der Waals surface area contributed by atoms with Crippen molar-refractivity contribution in [1.29, 1.82) is 0 Å². The second-order valence-corrected chi connectivity index (χ2v) is 5.75. The Balaban J connectivity index is 1.64. The number of ether oxygens (including phenoxy) is 1. The second-order valence-electron chi connectivity index (χ2n) is 5.75. The number of likely N-dealkylation sites (tertiary alicyclic amines) is 1. The molecule has 1 unspecified atom stereocenters. The Morgan fingerprint density at radius 1 is 1.30 bits per heavy atom. The summed E-state index contributed by atoms with van der Waals surface area (Å²) in [4.78, 5) is 14.7. The van der Waals surface area contributed by atoms with Gasteiger partial charge in [-0.25, -0.2) is 0 Å². The molecule has 1 amide bonds. The maximum Gasteiger partial charge on any atom is 0.233 e. The van der Waals surface area contributed by atoms with Crippen LogP contribution < -0.4 is 10.5 Å². The molecule has 1 fully saturated rings. The highest BCUT2D eigenvalue weighted by atomic mass is 16.5. The van der Waals surface area contributed by atoms with Crippen LogP contribution in [0.5, 0.6) is 5.75 Å². The van der Waals surface area contributed by atoms with Crippen LogP contribution >= 0.6 is 0 Å². The van der Waals surface area contributed by atoms with Gasteiger partial charge in [0.2, 0.25) is 5.91 Å². The summed E-state index contributed by atoms with van der Waals surface area (Å²) in [5.41, 5.74) is 6.65. The standard InChI is InChI=1S/C16H22N2O2/c17-8-5-12-6-9-18(10-7-12)16(19)14-11-20-15-4-2-1-3-13(14)15/h1-4,12,14H,5-11,17H2. The summed E-state index contributed by atoms with van der Waals surface area (Å²) in [6, 6.07) is 7.87. The molecule has 1 atom stereocenters. The van der Waals surface area contributed by atoms with Crippen LogP contribution in [-0.2, 0) is 4.79 Å². The molecule has 0 spiro atoms. The molecule has 0 bridgehead atoms. The lowest BCUT2D eigenvalue weighted by molar-refractivity contribution is -0.134. The highest BCUT2D eigenvalue weighted by Gasteiger charge is 2.34. The van der Waals surface area contributed by atoms with Crippen molar-refractivity contribution in [2.45, 2.75) is 25.2 Å². The van der Waals surface area contributed by atoms with Gasteiger partial charge in [-0.3, -0.25) is 4.79 Å². The molecule has 0 aliphatic carbocycles. The Bertz CT molecular complexity index is 481. The van der Waals surface area contributed by atoms with Crippen molar-refractivity contribution >= 4 is 5.91 Å². The summed E-state index contributed by atoms with van der Waals surface area (Å²) >= 11 is 0. The van der Waals surface area contributed by atoms with Gasteiger partial charge in [-0.2, -0.15) is 0 Å². The summed E-state index contributed by atoms with van der Waals surface area (Å²) < 4.78 is 5.62. The molecule has 2 aliphatic rings. The summed E-state index contributed by atoms with van der Waals surface area (Å²) in [7, 11) is 0. The van der Waals surface area contributed by atoms with Crippen LogP contribution in [0.15, 0.2) is 24.3 Å². The van der Waals surface area contributed by atoms with Crippen LogP contribution in [0.1, 0.15) is 30.7 Å². The molecule has 0 radical (unpaired) electrons. The fourth-order valence-corrected chi connectivity index (χ4v) is 3.27. The molecule has 2 N–H and O–H groups in total. The van der Waals surface area contributed by atoms with Gasteiger partial charge >= 0.3 is 0 Å². The highest BCUT2D eigenvalue weighted by Crippen LogP contribution is 2.35. The SMILES string of the molecule is NCCC1CCN(C(=O)C2COc3ccccc32)CC1. The number of amides is 1. The van der Waals surface area contributed by atoms with Crippen molar-refractivity contribution in [1.82, 2.24) is 4.90 Å². The first-order chi connectivity index (χ1) is 9.79. The molecule has 3 rings (SSSR count). The lowest BCUT2D eigenvalue weighted by Crippen LogP contribution is -2.41. The maximum absolute atomic E-state index is 12.6. The molecule has 0 aromatic heterocycles. The zero-order chi connectivity index (χ0) is 13.9. The minimum absolute atomic E-state index is 0.114. The molecule has 4 nitrogen and oxygen atoms in total. The molecule has 20 heavy (non-hydrogen) atoms. The van der Waals surface area contributed by atoms with Gasteiger partial charge in [0, 0.05) is 18.7 Å². The quantitative estimate of drug-likeness (QED) is 0.913. The van der Waals surface area contributed by atoms with E-state index in [-0.39, 0.29) is 11.8 Å². The van der Waals surface area contributed by atoms with E-state index < -0.39 is 0 Å². The van der Waals surface area contributed by atoms with Crippen LogP contribution in [0.25, 0.3) is 0 Å². The third-order valence-corrected chi connectivity index (χ3v) is 4.50. The van der Waals surface area contributed by atoms with Gasteiger partial charge in [-0.15, -0.1) is 0 Å². The van der Waals surface area contributed by atoms with Crippen LogP contribution in [-0.4, -0.2) is 37.0 Å². The third kappa shape index (κ3) is 2.52. The number of piperidine rings is 1. The summed E-state index contributed by atoms with van der Waals surface area (Å²) in [6.45, 7) is 2.97. The van der Waals surface area contributed by atoms with E-state index in [0.717, 1.165) is 50.2 Å². The number of benzene rings is 1. The fourth-order valence-electron chi connectivity index (χ4n) is 3.27. The molecular formula is C16H22N2O2. The van der Waals surface area contributed by atoms with Crippen LogP contribution in [0.3, 0.4) is 0 Å². The van der Waals surface area contributed by atoms with Crippen molar-refractivity contribution < 1.29 is 9.53 Å². The third-order valence-electron chi connectivity index (χ3n) is 4.50. The summed E-state index contributed by atoms with van der Waals surface area (Å²) in [5, 5.41) is 0. The molecule has 1 saturated heterocycles. The Kier molecular flexibility index (Phi) is 3.92. The summed E-state index contributed by atoms with van der Waals surface area (Å²) in [6.07, 6.45) is 3.24. The van der Waals surface area contributed by atoms with E-state index in [4.69, 9.17) is 10.5 Å². The summed E-state index contributed by atoms with van der Waals surface area (Å²) in [5.74, 6) is 1.67. The first kappa shape index (κ1) is 13.4. The number of carbonyl (C=O) groups excluding carboxylic acids is 1. The monoisotopic (exact) mass is 274 g/mol. The molecule has 108 valence electrons. The van der Waals surface area contributed by atoms with Gasteiger partial charge in [0.25, 0.3) is 0 Å². The Morgan fingerprint density at radius 3 is 2.80 bits per heavy atom. The van der Waals surface area contributed by atoms with Crippen molar-refractivity contribution in [3.63, 3.8) is 0 Å². The molecule has 1 aromatic rings. The molecular weight excluding hydrogens is 252 g/mol. The molecule has 2 aliphatic heterocycles. The van der Waals surface area contributed by atoms with Gasteiger partial charge in [-0.1, -0.05) is 18.2 Å². The average molecular weight is 274 g/mol. The number of fused-ring (bicyclic) bond motifs is 1. The average Bonchev–Trinajstić information content (AvgIpc) is 2.92. The van der Waals surface area contributed by atoms with E-state index in [9.17, 15) is 4.79 Å². The molecule has 2 heterocycles. The topological polar surface area (TPSA) is 55.6 Å². The van der Waals surface area contributed by atoms with Crippen LogP contribution in [0.4, 0.5) is 0 Å². The van der Waals surface area contributed by atoms with Gasteiger partial charge in [0.1, 0.15) is 18.3 Å². The minimum atomic E-state index is -0.114. The molecule has 0 saturated carbocycles. The Labute approximate surface area is 119 Å². The van der Waals surface area contributed by atoms with Crippen molar-refractivity contribution in [3.05, 3.63) is 29.8 Å². The van der Waals surface area contributed by atoms with Gasteiger partial charge in [-0.05, 0) is 37.8 Å². The van der Waals surface area contributed by atoms with E-state index in [1.807, 2.05) is 29.2 Å². The second kappa shape index (κ2) is 5.83. The van der Waals surface area contributed by atoms with Crippen molar-refractivity contribution in [2.24, 2.45) is 11.7 Å². The number of nitrogens with zero attached hydrogens (tertiary/aromatic N) is 1. The van der Waals surface area contributed by atoms with E-state index in [2.05, 4.69) is 0 Å².